The van der Waals surface area contributed by atoms with Gasteiger partial charge in [-0.2, -0.15) is 0 Å². The lowest BCUT2D eigenvalue weighted by molar-refractivity contribution is 0.0601. The minimum Gasteiger partial charge on any atom is -0.465 e. The van der Waals surface area contributed by atoms with Gasteiger partial charge in [-0.15, -0.1) is 0 Å². The molecule has 0 unspecified atom stereocenters. The average molecular weight is 314 g/mol. The third-order valence-corrected chi connectivity index (χ3v) is 3.35. The highest BCUT2D eigenvalue weighted by molar-refractivity contribution is 5.94. The minimum absolute atomic E-state index is 0.0857. The molecule has 0 fully saturated rings. The Hall–Kier alpha value is -3.02. The second-order valence-corrected chi connectivity index (χ2v) is 4.84. The quantitative estimate of drug-likeness (QED) is 0.741. The van der Waals surface area contributed by atoms with Crippen molar-refractivity contribution in [1.29, 1.82) is 0 Å². The molecule has 0 bridgehead atoms. The molecule has 0 radical (unpaired) electrons. The maximum atomic E-state index is 13.8. The zero-order chi connectivity index (χ0) is 16.4. The number of ether oxygens (including phenoxy) is 1. The molecule has 0 aliphatic rings. The Morgan fingerprint density at radius 1 is 1.13 bits per heavy atom. The van der Waals surface area contributed by atoms with Crippen molar-refractivity contribution in [2.75, 3.05) is 12.4 Å². The molecule has 0 amide bonds. The van der Waals surface area contributed by atoms with Crippen molar-refractivity contribution in [2.45, 2.75) is 0 Å². The Bertz CT molecular complexity index is 880. The number of esters is 1. The highest BCUT2D eigenvalue weighted by Gasteiger charge is 2.10. The number of carbonyl (C=O) groups excluding carboxylic acids is 1. The fraction of sp³-hybridized carbons (Fsp3) is 0.0588. The summed E-state index contributed by atoms with van der Waals surface area (Å²) in [5.74, 6) is -1.83. The first-order valence-electron chi connectivity index (χ1n) is 6.77. The number of methoxy groups -OCH3 is 1. The predicted octanol–water partition coefficient (Wildman–Crippen LogP) is 4.04. The first-order chi connectivity index (χ1) is 11.1. The van der Waals surface area contributed by atoms with Crippen molar-refractivity contribution >= 4 is 28.2 Å². The average Bonchev–Trinajstić information content (AvgIpc) is 2.55. The van der Waals surface area contributed by atoms with Crippen LogP contribution in [0.5, 0.6) is 0 Å². The number of fused-ring (bicyclic) bond motifs is 1. The molecule has 0 atom stereocenters. The van der Waals surface area contributed by atoms with E-state index in [0.717, 1.165) is 6.07 Å². The SMILES string of the molecule is COC(=O)c1ccc(Nc2ccnc3c(F)cc(F)cc23)cc1. The van der Waals surface area contributed by atoms with E-state index in [1.807, 2.05) is 0 Å². The Morgan fingerprint density at radius 2 is 1.87 bits per heavy atom. The predicted molar refractivity (Wildman–Crippen MR) is 82.7 cm³/mol. The van der Waals surface area contributed by atoms with Crippen LogP contribution in [0.15, 0.2) is 48.7 Å². The Kier molecular flexibility index (Phi) is 3.89. The fourth-order valence-corrected chi connectivity index (χ4v) is 2.25. The summed E-state index contributed by atoms with van der Waals surface area (Å²) in [7, 11) is 1.31. The molecule has 4 nitrogen and oxygen atoms in total. The smallest absolute Gasteiger partial charge is 0.337 e. The molecule has 6 heteroatoms. The summed E-state index contributed by atoms with van der Waals surface area (Å²) in [6.45, 7) is 0. The monoisotopic (exact) mass is 314 g/mol. The van der Waals surface area contributed by atoms with Crippen LogP contribution >= 0.6 is 0 Å². The fourth-order valence-electron chi connectivity index (χ4n) is 2.25. The molecule has 0 aliphatic carbocycles. The number of halogens is 2. The van der Waals surface area contributed by atoms with Crippen molar-refractivity contribution in [1.82, 2.24) is 4.98 Å². The lowest BCUT2D eigenvalue weighted by atomic mass is 10.1. The number of nitrogens with zero attached hydrogens (tertiary/aromatic N) is 1. The summed E-state index contributed by atoms with van der Waals surface area (Å²) >= 11 is 0. The Balaban J connectivity index is 1.97. The van der Waals surface area contributed by atoms with Crippen molar-refractivity contribution in [2.24, 2.45) is 0 Å². The maximum Gasteiger partial charge on any atom is 0.337 e. The van der Waals surface area contributed by atoms with E-state index in [2.05, 4.69) is 15.0 Å². The zero-order valence-electron chi connectivity index (χ0n) is 12.1. The van der Waals surface area contributed by atoms with Crippen LogP contribution in [-0.2, 0) is 4.74 Å². The third kappa shape index (κ3) is 2.96. The first-order valence-corrected chi connectivity index (χ1v) is 6.77. The van der Waals surface area contributed by atoms with Gasteiger partial charge in [-0.3, -0.25) is 4.98 Å². The molecular weight excluding hydrogens is 302 g/mol. The second kappa shape index (κ2) is 6.00. The molecule has 0 saturated carbocycles. The van der Waals surface area contributed by atoms with Gasteiger partial charge in [0.05, 0.1) is 12.7 Å². The van der Waals surface area contributed by atoms with E-state index >= 15 is 0 Å². The minimum atomic E-state index is -0.718. The van der Waals surface area contributed by atoms with E-state index in [9.17, 15) is 13.6 Å². The molecule has 0 saturated heterocycles. The van der Waals surface area contributed by atoms with E-state index in [4.69, 9.17) is 0 Å². The highest BCUT2D eigenvalue weighted by atomic mass is 19.1. The third-order valence-electron chi connectivity index (χ3n) is 3.35. The van der Waals surface area contributed by atoms with Crippen molar-refractivity contribution in [3.63, 3.8) is 0 Å². The zero-order valence-corrected chi connectivity index (χ0v) is 12.1. The molecular formula is C17H12F2N2O2. The summed E-state index contributed by atoms with van der Waals surface area (Å²) in [4.78, 5) is 15.3. The van der Waals surface area contributed by atoms with Gasteiger partial charge in [-0.25, -0.2) is 13.6 Å². The Morgan fingerprint density at radius 3 is 2.57 bits per heavy atom. The van der Waals surface area contributed by atoms with Gasteiger partial charge in [0.25, 0.3) is 0 Å². The molecule has 116 valence electrons. The highest BCUT2D eigenvalue weighted by Crippen LogP contribution is 2.27. The van der Waals surface area contributed by atoms with Crippen LogP contribution in [0.4, 0.5) is 20.2 Å². The largest absolute Gasteiger partial charge is 0.465 e. The summed E-state index contributed by atoms with van der Waals surface area (Å²) in [6, 6.07) is 10.2. The van der Waals surface area contributed by atoms with E-state index in [-0.39, 0.29) is 5.52 Å². The van der Waals surface area contributed by atoms with Gasteiger partial charge in [-0.05, 0) is 36.4 Å². The molecule has 3 rings (SSSR count). The number of aromatic nitrogens is 1. The normalized spacial score (nSPS) is 10.6. The maximum absolute atomic E-state index is 13.8. The van der Waals surface area contributed by atoms with Gasteiger partial charge in [0.2, 0.25) is 0 Å². The Labute approximate surface area is 130 Å². The van der Waals surface area contributed by atoms with Gasteiger partial charge in [-0.1, -0.05) is 0 Å². The number of benzene rings is 2. The molecule has 1 aromatic heterocycles. The summed E-state index contributed by atoms with van der Waals surface area (Å²) in [5.41, 5.74) is 1.67. The topological polar surface area (TPSA) is 51.2 Å². The molecule has 0 spiro atoms. The number of nitrogens with one attached hydrogen (secondary N) is 1. The number of hydrogen-bond donors (Lipinski definition) is 1. The number of pyridine rings is 1. The van der Waals surface area contributed by atoms with Crippen LogP contribution in [0, 0.1) is 11.6 Å². The summed E-state index contributed by atoms with van der Waals surface area (Å²) < 4.78 is 31.8. The lowest BCUT2D eigenvalue weighted by Crippen LogP contribution is -2.01. The number of rotatable bonds is 3. The lowest BCUT2D eigenvalue weighted by Gasteiger charge is -2.10. The van der Waals surface area contributed by atoms with Gasteiger partial charge < -0.3 is 10.1 Å². The molecule has 1 heterocycles. The molecule has 0 aliphatic heterocycles. The molecule has 3 aromatic rings. The van der Waals surface area contributed by atoms with Crippen LogP contribution in [-0.4, -0.2) is 18.1 Å². The van der Waals surface area contributed by atoms with E-state index in [1.54, 1.807) is 30.3 Å². The van der Waals surface area contributed by atoms with Crippen LogP contribution in [0.2, 0.25) is 0 Å². The van der Waals surface area contributed by atoms with Crippen LogP contribution < -0.4 is 5.32 Å². The van der Waals surface area contributed by atoms with Crippen molar-refractivity contribution in [3.05, 3.63) is 65.9 Å². The summed E-state index contributed by atoms with van der Waals surface area (Å²) in [6.07, 6.45) is 1.44. The van der Waals surface area contributed by atoms with Crippen LogP contribution in [0.3, 0.4) is 0 Å². The standard InChI is InChI=1S/C17H12F2N2O2/c1-23-17(22)10-2-4-12(5-3-10)21-15-6-7-20-16-13(15)8-11(18)9-14(16)19/h2-9H,1H3,(H,20,21). The molecule has 23 heavy (non-hydrogen) atoms. The van der Waals surface area contributed by atoms with E-state index in [1.165, 1.54) is 19.4 Å². The van der Waals surface area contributed by atoms with Gasteiger partial charge >= 0.3 is 5.97 Å². The van der Waals surface area contributed by atoms with Crippen LogP contribution in [0.1, 0.15) is 10.4 Å². The van der Waals surface area contributed by atoms with Gasteiger partial charge in [0.1, 0.15) is 11.3 Å². The van der Waals surface area contributed by atoms with E-state index < -0.39 is 17.6 Å². The van der Waals surface area contributed by atoms with Gasteiger partial charge in [0.15, 0.2) is 5.82 Å². The number of hydrogen-bond acceptors (Lipinski definition) is 4. The second-order valence-electron chi connectivity index (χ2n) is 4.84. The molecule has 1 N–H and O–H groups in total. The van der Waals surface area contributed by atoms with Crippen molar-refractivity contribution < 1.29 is 18.3 Å². The van der Waals surface area contributed by atoms with Crippen LogP contribution in [0.25, 0.3) is 10.9 Å². The van der Waals surface area contributed by atoms with E-state index in [0.29, 0.717) is 22.3 Å². The first kappa shape index (κ1) is 14.9. The van der Waals surface area contributed by atoms with Gasteiger partial charge in [0, 0.05) is 29.0 Å². The number of anilines is 2. The number of carbonyl (C=O) groups is 1. The van der Waals surface area contributed by atoms with Crippen molar-refractivity contribution in [3.8, 4) is 0 Å². The summed E-state index contributed by atoms with van der Waals surface area (Å²) in [5, 5.41) is 3.40. The molecule has 2 aromatic carbocycles.